The summed E-state index contributed by atoms with van der Waals surface area (Å²) in [7, 11) is 1.57. The predicted molar refractivity (Wildman–Crippen MR) is 83.3 cm³/mol. The van der Waals surface area contributed by atoms with E-state index >= 15 is 0 Å². The number of amides is 1. The van der Waals surface area contributed by atoms with Gasteiger partial charge < -0.3 is 16.0 Å². The van der Waals surface area contributed by atoms with Crippen LogP contribution in [-0.4, -0.2) is 19.5 Å². The smallest absolute Gasteiger partial charge is 0.251 e. The molecular weight excluding hydrogens is 269 g/mol. The summed E-state index contributed by atoms with van der Waals surface area (Å²) in [5.41, 5.74) is 8.71. The summed E-state index contributed by atoms with van der Waals surface area (Å²) in [5, 5.41) is 2.56. The fraction of sp³-hybridized carbons (Fsp3) is 0.188. The number of anilines is 3. The van der Waals surface area contributed by atoms with Gasteiger partial charge in [-0.3, -0.25) is 4.79 Å². The van der Waals surface area contributed by atoms with Gasteiger partial charge in [-0.25, -0.2) is 4.39 Å². The second-order valence-electron chi connectivity index (χ2n) is 4.57. The minimum absolute atomic E-state index is 0.182. The Bertz CT molecular complexity index is 640. The van der Waals surface area contributed by atoms with E-state index in [1.54, 1.807) is 37.4 Å². The molecule has 0 spiro atoms. The Kier molecular flexibility index (Phi) is 4.42. The van der Waals surface area contributed by atoms with Gasteiger partial charge in [-0.05, 0) is 49.4 Å². The van der Waals surface area contributed by atoms with E-state index < -0.39 is 0 Å². The van der Waals surface area contributed by atoms with Gasteiger partial charge in [-0.2, -0.15) is 0 Å². The summed E-state index contributed by atoms with van der Waals surface area (Å²) in [6.45, 7) is 2.66. The summed E-state index contributed by atoms with van der Waals surface area (Å²) in [4.78, 5) is 13.6. The SMILES string of the molecule is CCN(c1ccc(F)cc1)c1ccc(C(=O)NC)cc1N. The number of nitrogen functional groups attached to an aromatic ring is 1. The topological polar surface area (TPSA) is 58.4 Å². The highest BCUT2D eigenvalue weighted by molar-refractivity contribution is 5.96. The largest absolute Gasteiger partial charge is 0.397 e. The summed E-state index contributed by atoms with van der Waals surface area (Å²) in [6, 6.07) is 11.4. The molecule has 3 N–H and O–H groups in total. The molecule has 5 heteroatoms. The van der Waals surface area contributed by atoms with Crippen molar-refractivity contribution in [2.45, 2.75) is 6.92 Å². The van der Waals surface area contributed by atoms with Crippen molar-refractivity contribution in [3.63, 3.8) is 0 Å². The zero-order chi connectivity index (χ0) is 15.4. The van der Waals surface area contributed by atoms with Crippen molar-refractivity contribution in [1.29, 1.82) is 0 Å². The fourth-order valence-electron chi connectivity index (χ4n) is 2.20. The van der Waals surface area contributed by atoms with E-state index in [9.17, 15) is 9.18 Å². The standard InChI is InChI=1S/C16H18FN3O/c1-3-20(13-7-5-12(17)6-8-13)15-9-4-11(10-14(15)18)16(21)19-2/h4-10H,3,18H2,1-2H3,(H,19,21). The molecule has 2 aromatic carbocycles. The van der Waals surface area contributed by atoms with Crippen molar-refractivity contribution in [2.75, 3.05) is 24.2 Å². The highest BCUT2D eigenvalue weighted by atomic mass is 19.1. The lowest BCUT2D eigenvalue weighted by Crippen LogP contribution is -2.20. The molecule has 0 aromatic heterocycles. The first-order valence-electron chi connectivity index (χ1n) is 6.71. The zero-order valence-corrected chi connectivity index (χ0v) is 12.1. The van der Waals surface area contributed by atoms with Crippen LogP contribution >= 0.6 is 0 Å². The van der Waals surface area contributed by atoms with Gasteiger partial charge >= 0.3 is 0 Å². The summed E-state index contributed by atoms with van der Waals surface area (Å²) in [6.07, 6.45) is 0. The molecule has 4 nitrogen and oxygen atoms in total. The van der Waals surface area contributed by atoms with Gasteiger partial charge in [-0.15, -0.1) is 0 Å². The summed E-state index contributed by atoms with van der Waals surface area (Å²) >= 11 is 0. The van der Waals surface area contributed by atoms with E-state index in [4.69, 9.17) is 5.73 Å². The Hall–Kier alpha value is -2.56. The van der Waals surface area contributed by atoms with Crippen LogP contribution in [0, 0.1) is 5.82 Å². The van der Waals surface area contributed by atoms with Crippen LogP contribution in [0.15, 0.2) is 42.5 Å². The van der Waals surface area contributed by atoms with Gasteiger partial charge in [0.15, 0.2) is 0 Å². The Morgan fingerprint density at radius 1 is 1.24 bits per heavy atom. The third-order valence-electron chi connectivity index (χ3n) is 3.26. The number of carbonyl (C=O) groups excluding carboxylic acids is 1. The van der Waals surface area contributed by atoms with Gasteiger partial charge in [0, 0.05) is 24.8 Å². The van der Waals surface area contributed by atoms with Crippen LogP contribution in [0.3, 0.4) is 0 Å². The zero-order valence-electron chi connectivity index (χ0n) is 12.1. The highest BCUT2D eigenvalue weighted by Crippen LogP contribution is 2.31. The number of nitrogens with two attached hydrogens (primary N) is 1. The van der Waals surface area contributed by atoms with Gasteiger partial charge in [0.1, 0.15) is 5.82 Å². The monoisotopic (exact) mass is 287 g/mol. The van der Waals surface area contributed by atoms with Crippen LogP contribution in [0.1, 0.15) is 17.3 Å². The van der Waals surface area contributed by atoms with Crippen molar-refractivity contribution in [3.8, 4) is 0 Å². The first-order valence-corrected chi connectivity index (χ1v) is 6.71. The number of hydrogen-bond acceptors (Lipinski definition) is 3. The van der Waals surface area contributed by atoms with Gasteiger partial charge in [-0.1, -0.05) is 0 Å². The minimum Gasteiger partial charge on any atom is -0.397 e. The first-order chi connectivity index (χ1) is 10.1. The van der Waals surface area contributed by atoms with Crippen molar-refractivity contribution in [2.24, 2.45) is 0 Å². The highest BCUT2D eigenvalue weighted by Gasteiger charge is 2.13. The van der Waals surface area contributed by atoms with Crippen LogP contribution in [0.5, 0.6) is 0 Å². The molecule has 2 aromatic rings. The lowest BCUT2D eigenvalue weighted by Gasteiger charge is -2.25. The molecule has 0 atom stereocenters. The third kappa shape index (κ3) is 3.13. The first kappa shape index (κ1) is 14.8. The Labute approximate surface area is 123 Å². The van der Waals surface area contributed by atoms with Gasteiger partial charge in [0.25, 0.3) is 5.91 Å². The Balaban J connectivity index is 2.38. The second kappa shape index (κ2) is 6.26. The molecule has 0 fully saturated rings. The fourth-order valence-corrected chi connectivity index (χ4v) is 2.20. The Morgan fingerprint density at radius 3 is 2.43 bits per heavy atom. The number of hydrogen-bond donors (Lipinski definition) is 2. The van der Waals surface area contributed by atoms with Crippen LogP contribution in [0.25, 0.3) is 0 Å². The van der Waals surface area contributed by atoms with Crippen molar-refractivity contribution >= 4 is 23.0 Å². The molecule has 0 radical (unpaired) electrons. The van der Waals surface area contributed by atoms with E-state index in [-0.39, 0.29) is 11.7 Å². The normalized spacial score (nSPS) is 10.2. The van der Waals surface area contributed by atoms with Crippen LogP contribution in [0.4, 0.5) is 21.5 Å². The van der Waals surface area contributed by atoms with Gasteiger partial charge in [0.2, 0.25) is 0 Å². The molecule has 0 bridgehead atoms. The van der Waals surface area contributed by atoms with Crippen molar-refractivity contribution < 1.29 is 9.18 Å². The van der Waals surface area contributed by atoms with E-state index in [0.29, 0.717) is 17.8 Å². The number of rotatable bonds is 4. The summed E-state index contributed by atoms with van der Waals surface area (Å²) < 4.78 is 13.0. The average Bonchev–Trinajstić information content (AvgIpc) is 2.50. The number of nitrogens with one attached hydrogen (secondary N) is 1. The van der Waals surface area contributed by atoms with E-state index in [1.165, 1.54) is 12.1 Å². The molecule has 0 aliphatic heterocycles. The number of nitrogens with zero attached hydrogens (tertiary/aromatic N) is 1. The van der Waals surface area contributed by atoms with E-state index in [0.717, 1.165) is 11.4 Å². The molecule has 0 saturated heterocycles. The molecule has 2 rings (SSSR count). The molecule has 0 aliphatic rings. The minimum atomic E-state index is -0.280. The molecule has 0 aliphatic carbocycles. The van der Waals surface area contributed by atoms with E-state index in [2.05, 4.69) is 5.32 Å². The van der Waals surface area contributed by atoms with Crippen LogP contribution in [-0.2, 0) is 0 Å². The summed E-state index contributed by atoms with van der Waals surface area (Å²) in [5.74, 6) is -0.462. The lowest BCUT2D eigenvalue weighted by molar-refractivity contribution is 0.0963. The molecule has 0 heterocycles. The number of halogens is 1. The molecule has 110 valence electrons. The quantitative estimate of drug-likeness (QED) is 0.850. The molecule has 1 amide bonds. The third-order valence-corrected chi connectivity index (χ3v) is 3.26. The maximum absolute atomic E-state index is 13.0. The maximum atomic E-state index is 13.0. The predicted octanol–water partition coefficient (Wildman–Crippen LogP) is 2.93. The van der Waals surface area contributed by atoms with Gasteiger partial charge in [0.05, 0.1) is 11.4 Å². The van der Waals surface area contributed by atoms with E-state index in [1.807, 2.05) is 11.8 Å². The molecular formula is C16H18FN3O. The molecule has 0 unspecified atom stereocenters. The average molecular weight is 287 g/mol. The number of carbonyl (C=O) groups is 1. The number of benzene rings is 2. The van der Waals surface area contributed by atoms with Crippen molar-refractivity contribution in [1.82, 2.24) is 5.32 Å². The lowest BCUT2D eigenvalue weighted by atomic mass is 10.1. The van der Waals surface area contributed by atoms with Crippen LogP contribution in [0.2, 0.25) is 0 Å². The van der Waals surface area contributed by atoms with Crippen molar-refractivity contribution in [3.05, 3.63) is 53.8 Å². The van der Waals surface area contributed by atoms with Crippen LogP contribution < -0.4 is 16.0 Å². The Morgan fingerprint density at radius 2 is 1.90 bits per heavy atom. The maximum Gasteiger partial charge on any atom is 0.251 e. The second-order valence-corrected chi connectivity index (χ2v) is 4.57. The molecule has 21 heavy (non-hydrogen) atoms. The molecule has 0 saturated carbocycles.